The SMILES string of the molecule is COc1ccc(C(c2ccccn2)N2CCCNCC2)cc1OC. The van der Waals surface area contributed by atoms with Gasteiger partial charge in [0.2, 0.25) is 0 Å². The van der Waals surface area contributed by atoms with Gasteiger partial charge in [-0.15, -0.1) is 0 Å². The number of rotatable bonds is 5. The van der Waals surface area contributed by atoms with Crippen molar-refractivity contribution >= 4 is 0 Å². The minimum atomic E-state index is 0.117. The molecule has 128 valence electrons. The number of aromatic nitrogens is 1. The fourth-order valence-electron chi connectivity index (χ4n) is 3.25. The van der Waals surface area contributed by atoms with Crippen molar-refractivity contribution in [2.75, 3.05) is 40.4 Å². The summed E-state index contributed by atoms with van der Waals surface area (Å²) in [5.74, 6) is 1.50. The Morgan fingerprint density at radius 3 is 2.67 bits per heavy atom. The van der Waals surface area contributed by atoms with Crippen LogP contribution in [0.4, 0.5) is 0 Å². The second-order valence-electron chi connectivity index (χ2n) is 5.91. The van der Waals surface area contributed by atoms with E-state index in [1.165, 1.54) is 5.56 Å². The van der Waals surface area contributed by atoms with Crippen molar-refractivity contribution in [2.45, 2.75) is 12.5 Å². The topological polar surface area (TPSA) is 46.6 Å². The van der Waals surface area contributed by atoms with Crippen LogP contribution in [0.2, 0.25) is 0 Å². The highest BCUT2D eigenvalue weighted by Crippen LogP contribution is 2.34. The molecule has 2 heterocycles. The molecule has 0 saturated carbocycles. The van der Waals surface area contributed by atoms with Gasteiger partial charge in [-0.3, -0.25) is 9.88 Å². The van der Waals surface area contributed by atoms with Gasteiger partial charge in [0.25, 0.3) is 0 Å². The Hall–Kier alpha value is -2.11. The zero-order valence-corrected chi connectivity index (χ0v) is 14.4. The molecule has 5 nitrogen and oxygen atoms in total. The van der Waals surface area contributed by atoms with Crippen LogP contribution in [0.5, 0.6) is 11.5 Å². The first kappa shape index (κ1) is 16.7. The predicted molar refractivity (Wildman–Crippen MR) is 94.7 cm³/mol. The van der Waals surface area contributed by atoms with Crippen LogP contribution in [-0.4, -0.2) is 50.3 Å². The molecule has 2 aromatic rings. The summed E-state index contributed by atoms with van der Waals surface area (Å²) in [5, 5.41) is 3.47. The lowest BCUT2D eigenvalue weighted by atomic mass is 10.00. The average molecular weight is 327 g/mol. The molecule has 1 aromatic heterocycles. The molecular formula is C19H25N3O2. The van der Waals surface area contributed by atoms with Gasteiger partial charge in [-0.2, -0.15) is 0 Å². The van der Waals surface area contributed by atoms with Crippen LogP contribution >= 0.6 is 0 Å². The third-order valence-electron chi connectivity index (χ3n) is 4.43. The van der Waals surface area contributed by atoms with Gasteiger partial charge >= 0.3 is 0 Å². The maximum Gasteiger partial charge on any atom is 0.161 e. The Labute approximate surface area is 143 Å². The predicted octanol–water partition coefficient (Wildman–Crippen LogP) is 2.48. The van der Waals surface area contributed by atoms with Gasteiger partial charge in [-0.1, -0.05) is 12.1 Å². The largest absolute Gasteiger partial charge is 0.493 e. The Balaban J connectivity index is 2.00. The van der Waals surface area contributed by atoms with Gasteiger partial charge in [-0.05, 0) is 42.8 Å². The zero-order valence-electron chi connectivity index (χ0n) is 14.4. The van der Waals surface area contributed by atoms with E-state index in [9.17, 15) is 0 Å². The molecule has 0 spiro atoms. The van der Waals surface area contributed by atoms with E-state index in [-0.39, 0.29) is 6.04 Å². The second-order valence-corrected chi connectivity index (χ2v) is 5.91. The molecule has 3 rings (SSSR count). The summed E-state index contributed by atoms with van der Waals surface area (Å²) in [6.45, 7) is 4.10. The molecule has 5 heteroatoms. The van der Waals surface area contributed by atoms with E-state index in [1.54, 1.807) is 14.2 Å². The van der Waals surface area contributed by atoms with Crippen molar-refractivity contribution in [3.63, 3.8) is 0 Å². The van der Waals surface area contributed by atoms with Gasteiger partial charge in [0.1, 0.15) is 0 Å². The Kier molecular flexibility index (Phi) is 5.67. The van der Waals surface area contributed by atoms with Crippen molar-refractivity contribution in [1.29, 1.82) is 0 Å². The fraction of sp³-hybridized carbons (Fsp3) is 0.421. The highest BCUT2D eigenvalue weighted by atomic mass is 16.5. The van der Waals surface area contributed by atoms with Gasteiger partial charge in [-0.25, -0.2) is 0 Å². The zero-order chi connectivity index (χ0) is 16.8. The number of benzene rings is 1. The fourth-order valence-corrected chi connectivity index (χ4v) is 3.25. The van der Waals surface area contributed by atoms with Crippen molar-refractivity contribution in [1.82, 2.24) is 15.2 Å². The molecule has 1 atom stereocenters. The molecule has 1 unspecified atom stereocenters. The molecule has 0 radical (unpaired) electrons. The van der Waals surface area contributed by atoms with Crippen LogP contribution in [0.15, 0.2) is 42.6 Å². The van der Waals surface area contributed by atoms with E-state index in [4.69, 9.17) is 9.47 Å². The van der Waals surface area contributed by atoms with E-state index in [2.05, 4.69) is 33.4 Å². The quantitative estimate of drug-likeness (QED) is 0.914. The second kappa shape index (κ2) is 8.13. The summed E-state index contributed by atoms with van der Waals surface area (Å²) >= 11 is 0. The maximum atomic E-state index is 5.50. The molecule has 1 saturated heterocycles. The number of nitrogens with one attached hydrogen (secondary N) is 1. The maximum absolute atomic E-state index is 5.50. The molecule has 1 aliphatic rings. The normalized spacial score (nSPS) is 17.1. The first-order valence-electron chi connectivity index (χ1n) is 8.41. The monoisotopic (exact) mass is 327 g/mol. The van der Waals surface area contributed by atoms with E-state index in [0.717, 1.165) is 49.8 Å². The minimum Gasteiger partial charge on any atom is -0.493 e. The van der Waals surface area contributed by atoms with Crippen molar-refractivity contribution in [3.05, 3.63) is 53.9 Å². The molecule has 0 bridgehead atoms. The van der Waals surface area contributed by atoms with Crippen molar-refractivity contribution < 1.29 is 9.47 Å². The van der Waals surface area contributed by atoms with Gasteiger partial charge < -0.3 is 14.8 Å². The Bertz CT molecular complexity index is 640. The third kappa shape index (κ3) is 3.68. The first-order valence-corrected chi connectivity index (χ1v) is 8.41. The van der Waals surface area contributed by atoms with Crippen LogP contribution in [0.25, 0.3) is 0 Å². The summed E-state index contributed by atoms with van der Waals surface area (Å²) in [5.41, 5.74) is 2.24. The van der Waals surface area contributed by atoms with Crippen LogP contribution < -0.4 is 14.8 Å². The van der Waals surface area contributed by atoms with E-state index in [1.807, 2.05) is 24.4 Å². The van der Waals surface area contributed by atoms with Crippen LogP contribution in [0.1, 0.15) is 23.7 Å². The number of hydrogen-bond acceptors (Lipinski definition) is 5. The number of hydrogen-bond donors (Lipinski definition) is 1. The average Bonchev–Trinajstić information content (AvgIpc) is 2.92. The lowest BCUT2D eigenvalue weighted by molar-refractivity contribution is 0.236. The van der Waals surface area contributed by atoms with Crippen molar-refractivity contribution in [3.8, 4) is 11.5 Å². The Morgan fingerprint density at radius 1 is 1.04 bits per heavy atom. The Morgan fingerprint density at radius 2 is 1.92 bits per heavy atom. The highest BCUT2D eigenvalue weighted by molar-refractivity contribution is 5.45. The van der Waals surface area contributed by atoms with E-state index in [0.29, 0.717) is 0 Å². The molecule has 24 heavy (non-hydrogen) atoms. The summed E-state index contributed by atoms with van der Waals surface area (Å²) in [7, 11) is 3.33. The standard InChI is InChI=1S/C19H25N3O2/c1-23-17-8-7-15(14-18(17)24-2)19(16-6-3-4-10-21-16)22-12-5-9-20-11-13-22/h3-4,6-8,10,14,19-20H,5,9,11-13H2,1-2H3. The first-order chi connectivity index (χ1) is 11.8. The highest BCUT2D eigenvalue weighted by Gasteiger charge is 2.25. The van der Waals surface area contributed by atoms with Gasteiger partial charge in [0, 0.05) is 25.8 Å². The molecule has 1 fully saturated rings. The molecule has 1 N–H and O–H groups in total. The van der Waals surface area contributed by atoms with Crippen molar-refractivity contribution in [2.24, 2.45) is 0 Å². The van der Waals surface area contributed by atoms with Crippen LogP contribution in [0, 0.1) is 0 Å². The number of pyridine rings is 1. The molecule has 1 aromatic carbocycles. The number of nitrogens with zero attached hydrogens (tertiary/aromatic N) is 2. The summed E-state index contributed by atoms with van der Waals surface area (Å²) in [6, 6.07) is 12.4. The van der Waals surface area contributed by atoms with Crippen LogP contribution in [-0.2, 0) is 0 Å². The van der Waals surface area contributed by atoms with Gasteiger partial charge in [0.15, 0.2) is 11.5 Å². The number of methoxy groups -OCH3 is 2. The molecule has 0 aliphatic carbocycles. The summed E-state index contributed by atoms with van der Waals surface area (Å²) in [4.78, 5) is 7.11. The molecule has 1 aliphatic heterocycles. The molecular weight excluding hydrogens is 302 g/mol. The lowest BCUT2D eigenvalue weighted by Gasteiger charge is -2.30. The smallest absolute Gasteiger partial charge is 0.161 e. The molecule has 0 amide bonds. The van der Waals surface area contributed by atoms with Crippen LogP contribution in [0.3, 0.4) is 0 Å². The third-order valence-corrected chi connectivity index (χ3v) is 4.43. The minimum absolute atomic E-state index is 0.117. The van der Waals surface area contributed by atoms with E-state index < -0.39 is 0 Å². The van der Waals surface area contributed by atoms with Gasteiger partial charge in [0.05, 0.1) is 26.0 Å². The summed E-state index contributed by atoms with van der Waals surface area (Å²) < 4.78 is 10.9. The summed E-state index contributed by atoms with van der Waals surface area (Å²) in [6.07, 6.45) is 3.00. The lowest BCUT2D eigenvalue weighted by Crippen LogP contribution is -2.33. The number of ether oxygens (including phenoxy) is 2. The van der Waals surface area contributed by atoms with E-state index >= 15 is 0 Å².